The number of hydrogen-bond donors (Lipinski definition) is 2. The molecule has 0 radical (unpaired) electrons. The topological polar surface area (TPSA) is 78.6 Å². The number of amides is 1. The van der Waals surface area contributed by atoms with Gasteiger partial charge in [-0.15, -0.1) is 0 Å². The van der Waals surface area contributed by atoms with Gasteiger partial charge in [0.05, 0.1) is 0 Å². The molecule has 1 saturated heterocycles. The molecule has 2 N–H and O–H groups in total. The third-order valence-corrected chi connectivity index (χ3v) is 4.74. The molecule has 1 atom stereocenters. The second-order valence-electron chi connectivity index (χ2n) is 6.55. The average Bonchev–Trinajstić information content (AvgIpc) is 3.02. The van der Waals surface area contributed by atoms with Crippen molar-refractivity contribution in [2.24, 2.45) is 5.92 Å². The van der Waals surface area contributed by atoms with Crippen LogP contribution in [0.15, 0.2) is 22.6 Å². The summed E-state index contributed by atoms with van der Waals surface area (Å²) in [4.78, 5) is 18.7. The van der Waals surface area contributed by atoms with Crippen molar-refractivity contribution in [1.29, 1.82) is 0 Å². The van der Waals surface area contributed by atoms with Crippen LogP contribution in [0.1, 0.15) is 32.1 Å². The van der Waals surface area contributed by atoms with Crippen LogP contribution in [-0.2, 0) is 4.79 Å². The SMILES string of the molecule is O=C(CC1CCCN(c2nc3ccc(Cl)cc3o2)C1)NCCCCO. The standard InChI is InChI=1S/C18H24ClN3O3/c19-14-5-6-15-16(11-14)25-18(21-15)22-8-3-4-13(12-22)10-17(24)20-7-1-2-9-23/h5-6,11,13,23H,1-4,7-10,12H2,(H,20,24). The van der Waals surface area contributed by atoms with E-state index in [1.807, 2.05) is 6.07 Å². The van der Waals surface area contributed by atoms with E-state index in [1.54, 1.807) is 12.1 Å². The van der Waals surface area contributed by atoms with Gasteiger partial charge >= 0.3 is 0 Å². The Hall–Kier alpha value is -1.79. The summed E-state index contributed by atoms with van der Waals surface area (Å²) in [5, 5.41) is 12.3. The van der Waals surface area contributed by atoms with Crippen molar-refractivity contribution >= 4 is 34.6 Å². The molecule has 1 amide bonds. The molecule has 0 aliphatic carbocycles. The molecular weight excluding hydrogens is 342 g/mol. The lowest BCUT2D eigenvalue weighted by atomic mass is 9.94. The second kappa shape index (κ2) is 8.54. The van der Waals surface area contributed by atoms with Crippen molar-refractivity contribution in [2.45, 2.75) is 32.1 Å². The predicted molar refractivity (Wildman–Crippen MR) is 97.9 cm³/mol. The number of oxazole rings is 1. The van der Waals surface area contributed by atoms with Crippen molar-refractivity contribution in [3.8, 4) is 0 Å². The highest BCUT2D eigenvalue weighted by Gasteiger charge is 2.25. The van der Waals surface area contributed by atoms with Crippen molar-refractivity contribution < 1.29 is 14.3 Å². The zero-order valence-corrected chi connectivity index (χ0v) is 15.0. The van der Waals surface area contributed by atoms with E-state index in [2.05, 4.69) is 15.2 Å². The number of piperidine rings is 1. The molecule has 2 heterocycles. The van der Waals surface area contributed by atoms with Gasteiger partial charge in [-0.05, 0) is 43.7 Å². The number of carbonyl (C=O) groups excluding carboxylic acids is 1. The molecule has 3 rings (SSSR count). The summed E-state index contributed by atoms with van der Waals surface area (Å²) in [6.07, 6.45) is 4.10. The highest BCUT2D eigenvalue weighted by molar-refractivity contribution is 6.31. The summed E-state index contributed by atoms with van der Waals surface area (Å²) in [5.41, 5.74) is 1.48. The van der Waals surface area contributed by atoms with Crippen molar-refractivity contribution in [1.82, 2.24) is 10.3 Å². The Morgan fingerprint density at radius 1 is 1.44 bits per heavy atom. The molecule has 1 aromatic carbocycles. The summed E-state index contributed by atoms with van der Waals surface area (Å²) in [7, 11) is 0. The van der Waals surface area contributed by atoms with E-state index in [-0.39, 0.29) is 12.5 Å². The Kier molecular flexibility index (Phi) is 6.15. The fraction of sp³-hybridized carbons (Fsp3) is 0.556. The quantitative estimate of drug-likeness (QED) is 0.737. The van der Waals surface area contributed by atoms with Crippen LogP contribution >= 0.6 is 11.6 Å². The number of aliphatic hydroxyl groups excluding tert-OH is 1. The molecule has 0 spiro atoms. The van der Waals surface area contributed by atoms with E-state index < -0.39 is 0 Å². The smallest absolute Gasteiger partial charge is 0.298 e. The summed E-state index contributed by atoms with van der Waals surface area (Å²) < 4.78 is 5.84. The summed E-state index contributed by atoms with van der Waals surface area (Å²) in [5.74, 6) is 0.374. The average molecular weight is 366 g/mol. The van der Waals surface area contributed by atoms with Gasteiger partial charge in [-0.1, -0.05) is 11.6 Å². The Morgan fingerprint density at radius 2 is 2.32 bits per heavy atom. The minimum absolute atomic E-state index is 0.0779. The number of carbonyl (C=O) groups is 1. The van der Waals surface area contributed by atoms with Crippen LogP contribution in [0.5, 0.6) is 0 Å². The maximum absolute atomic E-state index is 12.1. The number of benzene rings is 1. The monoisotopic (exact) mass is 365 g/mol. The first-order valence-corrected chi connectivity index (χ1v) is 9.22. The van der Waals surface area contributed by atoms with E-state index in [4.69, 9.17) is 21.1 Å². The zero-order valence-electron chi connectivity index (χ0n) is 14.2. The van der Waals surface area contributed by atoms with Crippen molar-refractivity contribution in [3.63, 3.8) is 0 Å². The van der Waals surface area contributed by atoms with Gasteiger partial charge in [-0.25, -0.2) is 0 Å². The molecule has 0 saturated carbocycles. The maximum atomic E-state index is 12.1. The Morgan fingerprint density at radius 3 is 3.16 bits per heavy atom. The van der Waals surface area contributed by atoms with Crippen LogP contribution in [0.2, 0.25) is 5.02 Å². The lowest BCUT2D eigenvalue weighted by Crippen LogP contribution is -2.38. The largest absolute Gasteiger partial charge is 0.423 e. The van der Waals surface area contributed by atoms with Gasteiger partial charge in [0.1, 0.15) is 5.52 Å². The number of nitrogens with zero attached hydrogens (tertiary/aromatic N) is 2. The number of nitrogens with one attached hydrogen (secondary N) is 1. The Balaban J connectivity index is 1.56. The summed E-state index contributed by atoms with van der Waals surface area (Å²) >= 11 is 6.00. The van der Waals surface area contributed by atoms with Gasteiger partial charge in [0.2, 0.25) is 5.91 Å². The fourth-order valence-corrected chi connectivity index (χ4v) is 3.39. The number of aliphatic hydroxyl groups is 1. The Bertz CT molecular complexity index is 719. The third kappa shape index (κ3) is 4.86. The molecule has 1 aromatic heterocycles. The molecule has 6 nitrogen and oxygen atoms in total. The number of unbranched alkanes of at least 4 members (excludes halogenated alkanes) is 1. The van der Waals surface area contributed by atoms with Gasteiger partial charge in [0.25, 0.3) is 6.01 Å². The fourth-order valence-electron chi connectivity index (χ4n) is 3.23. The molecule has 25 heavy (non-hydrogen) atoms. The van der Waals surface area contributed by atoms with E-state index in [1.165, 1.54) is 0 Å². The van der Waals surface area contributed by atoms with E-state index in [0.717, 1.165) is 44.3 Å². The molecule has 1 aliphatic rings. The molecule has 0 bridgehead atoms. The molecule has 2 aromatic rings. The second-order valence-corrected chi connectivity index (χ2v) is 6.98. The molecule has 136 valence electrons. The van der Waals surface area contributed by atoms with Gasteiger partial charge in [-0.2, -0.15) is 4.98 Å². The lowest BCUT2D eigenvalue weighted by molar-refractivity contribution is -0.122. The number of halogens is 1. The van der Waals surface area contributed by atoms with Crippen LogP contribution in [0.3, 0.4) is 0 Å². The Labute approximate surface area is 152 Å². The van der Waals surface area contributed by atoms with Crippen molar-refractivity contribution in [3.05, 3.63) is 23.2 Å². The first kappa shape index (κ1) is 18.0. The normalized spacial score (nSPS) is 17.8. The molecule has 1 unspecified atom stereocenters. The van der Waals surface area contributed by atoms with Gasteiger partial charge in [0, 0.05) is 43.8 Å². The summed E-state index contributed by atoms with van der Waals surface area (Å²) in [6, 6.07) is 6.03. The van der Waals surface area contributed by atoms with Crippen LogP contribution in [-0.4, -0.2) is 42.2 Å². The minimum Gasteiger partial charge on any atom is -0.423 e. The van der Waals surface area contributed by atoms with Crippen LogP contribution in [0, 0.1) is 5.92 Å². The number of rotatable bonds is 7. The minimum atomic E-state index is 0.0779. The van der Waals surface area contributed by atoms with Gasteiger partial charge in [-0.3, -0.25) is 4.79 Å². The van der Waals surface area contributed by atoms with Crippen LogP contribution in [0.25, 0.3) is 11.1 Å². The first-order valence-electron chi connectivity index (χ1n) is 8.84. The first-order chi connectivity index (χ1) is 12.2. The number of hydrogen-bond acceptors (Lipinski definition) is 5. The maximum Gasteiger partial charge on any atom is 0.298 e. The zero-order chi connectivity index (χ0) is 17.6. The predicted octanol–water partition coefficient (Wildman–Crippen LogP) is 2.98. The molecule has 1 fully saturated rings. The number of fused-ring (bicyclic) bond motifs is 1. The van der Waals surface area contributed by atoms with E-state index >= 15 is 0 Å². The van der Waals surface area contributed by atoms with Crippen LogP contribution in [0.4, 0.5) is 6.01 Å². The van der Waals surface area contributed by atoms with E-state index in [0.29, 0.717) is 35.5 Å². The van der Waals surface area contributed by atoms with Crippen molar-refractivity contribution in [2.75, 3.05) is 31.1 Å². The van der Waals surface area contributed by atoms with Gasteiger partial charge in [0.15, 0.2) is 5.58 Å². The lowest BCUT2D eigenvalue weighted by Gasteiger charge is -2.31. The summed E-state index contributed by atoms with van der Waals surface area (Å²) in [6.45, 7) is 2.45. The van der Waals surface area contributed by atoms with E-state index in [9.17, 15) is 4.79 Å². The molecule has 1 aliphatic heterocycles. The highest BCUT2D eigenvalue weighted by Crippen LogP contribution is 2.28. The highest BCUT2D eigenvalue weighted by atomic mass is 35.5. The number of anilines is 1. The third-order valence-electron chi connectivity index (χ3n) is 4.51. The molecule has 7 heteroatoms. The molecular formula is C18H24ClN3O3. The number of aromatic nitrogens is 1. The van der Waals surface area contributed by atoms with Crippen LogP contribution < -0.4 is 10.2 Å². The van der Waals surface area contributed by atoms with Gasteiger partial charge < -0.3 is 19.7 Å².